The Morgan fingerprint density at radius 3 is 0.977 bits per heavy atom. The monoisotopic (exact) mass is 563 g/mol. The Labute approximate surface area is 260 Å². The third-order valence-electron chi connectivity index (χ3n) is 8.11. The van der Waals surface area contributed by atoms with Crippen LogP contribution in [-0.2, 0) is 0 Å². The van der Waals surface area contributed by atoms with E-state index in [1.54, 1.807) is 0 Å². The smallest absolute Gasteiger partial charge is 0.0470 e. The van der Waals surface area contributed by atoms with Crippen molar-refractivity contribution < 1.29 is 0 Å². The Morgan fingerprint density at radius 2 is 0.591 bits per heavy atom. The lowest BCUT2D eigenvalue weighted by atomic mass is 9.98. The van der Waals surface area contributed by atoms with Crippen LogP contribution < -0.4 is 4.90 Å². The van der Waals surface area contributed by atoms with Gasteiger partial charge in [-0.2, -0.15) is 0 Å². The molecule has 1 heteroatoms. The Morgan fingerprint density at radius 1 is 0.273 bits per heavy atom. The van der Waals surface area contributed by atoms with Crippen LogP contribution in [0.15, 0.2) is 182 Å². The van der Waals surface area contributed by atoms with E-state index in [1.165, 1.54) is 50.1 Å². The highest BCUT2D eigenvalue weighted by Gasteiger charge is 2.15. The van der Waals surface area contributed by atoms with E-state index in [4.69, 9.17) is 0 Å². The summed E-state index contributed by atoms with van der Waals surface area (Å²) in [4.78, 5) is 2.36. The molecule has 0 unspecified atom stereocenters. The van der Waals surface area contributed by atoms with E-state index in [-0.39, 0.29) is 0 Å². The number of anilines is 3. The van der Waals surface area contributed by atoms with E-state index in [2.05, 4.69) is 194 Å². The molecular formula is C43H33N. The average molecular weight is 564 g/mol. The largest absolute Gasteiger partial charge is 0.310 e. The first-order valence-corrected chi connectivity index (χ1v) is 15.1. The zero-order valence-electron chi connectivity index (χ0n) is 24.8. The number of hydrogen-bond acceptors (Lipinski definition) is 1. The summed E-state index contributed by atoms with van der Waals surface area (Å²) in [5, 5.41) is 0. The predicted octanol–water partition coefficient (Wildman–Crippen LogP) is 12.1. The maximum absolute atomic E-state index is 2.36. The topological polar surface area (TPSA) is 3.24 Å². The molecule has 7 aromatic rings. The van der Waals surface area contributed by atoms with Gasteiger partial charge in [0, 0.05) is 17.1 Å². The molecule has 0 saturated heterocycles. The van der Waals surface area contributed by atoms with Crippen LogP contribution >= 0.6 is 0 Å². The van der Waals surface area contributed by atoms with Crippen molar-refractivity contribution in [2.45, 2.75) is 6.92 Å². The normalized spacial score (nSPS) is 10.8. The van der Waals surface area contributed by atoms with Crippen molar-refractivity contribution in [3.05, 3.63) is 188 Å². The first-order valence-electron chi connectivity index (χ1n) is 15.1. The van der Waals surface area contributed by atoms with E-state index in [1.807, 2.05) is 0 Å². The van der Waals surface area contributed by atoms with Gasteiger partial charge in [-0.3, -0.25) is 0 Å². The molecule has 0 fully saturated rings. The molecule has 7 aromatic carbocycles. The molecule has 210 valence electrons. The van der Waals surface area contributed by atoms with Gasteiger partial charge >= 0.3 is 0 Å². The van der Waals surface area contributed by atoms with Crippen molar-refractivity contribution in [2.75, 3.05) is 4.90 Å². The molecule has 0 heterocycles. The molecule has 0 saturated carbocycles. The molecule has 0 aliphatic rings. The molecule has 0 N–H and O–H groups in total. The second-order valence-electron chi connectivity index (χ2n) is 11.2. The standard InChI is InChI=1S/C43H33N/c1-32-29-40(39-19-17-36(18-20-39)33-11-5-2-6-12-33)31-43(30-32)44(41-25-21-37(22-26-41)34-13-7-3-8-14-34)42-27-23-38(24-28-42)35-15-9-4-10-16-35/h2-31H,1H3. The van der Waals surface area contributed by atoms with Gasteiger partial charge < -0.3 is 4.90 Å². The summed E-state index contributed by atoms with van der Waals surface area (Å²) in [6, 6.07) is 65.2. The van der Waals surface area contributed by atoms with Gasteiger partial charge in [-0.05, 0) is 93.4 Å². The van der Waals surface area contributed by atoms with Crippen LogP contribution in [0.5, 0.6) is 0 Å². The van der Waals surface area contributed by atoms with Crippen molar-refractivity contribution >= 4 is 17.1 Å². The minimum absolute atomic E-state index is 1.12. The first-order chi connectivity index (χ1) is 21.7. The van der Waals surface area contributed by atoms with Crippen LogP contribution in [0, 0.1) is 6.92 Å². The summed E-state index contributed by atoms with van der Waals surface area (Å²) in [5.41, 5.74) is 14.3. The summed E-state index contributed by atoms with van der Waals surface area (Å²) < 4.78 is 0. The van der Waals surface area contributed by atoms with Gasteiger partial charge in [-0.1, -0.05) is 146 Å². The van der Waals surface area contributed by atoms with Crippen LogP contribution in [0.4, 0.5) is 17.1 Å². The molecule has 7 rings (SSSR count). The Bertz CT molecular complexity index is 1880. The lowest BCUT2D eigenvalue weighted by Gasteiger charge is -2.27. The molecule has 44 heavy (non-hydrogen) atoms. The van der Waals surface area contributed by atoms with Gasteiger partial charge in [0.25, 0.3) is 0 Å². The zero-order chi connectivity index (χ0) is 29.7. The summed E-state index contributed by atoms with van der Waals surface area (Å²) in [6.07, 6.45) is 0. The van der Waals surface area contributed by atoms with Gasteiger partial charge in [0.15, 0.2) is 0 Å². The van der Waals surface area contributed by atoms with Crippen LogP contribution in [0.2, 0.25) is 0 Å². The quantitative estimate of drug-likeness (QED) is 0.186. The summed E-state index contributed by atoms with van der Waals surface area (Å²) in [6.45, 7) is 2.18. The molecule has 0 bridgehead atoms. The SMILES string of the molecule is Cc1cc(-c2ccc(-c3ccccc3)cc2)cc(N(c2ccc(-c3ccccc3)cc2)c2ccc(-c3ccccc3)cc2)c1. The Hall–Kier alpha value is -5.66. The molecule has 1 nitrogen and oxygen atoms in total. The second kappa shape index (κ2) is 12.3. The number of hydrogen-bond donors (Lipinski definition) is 0. The van der Waals surface area contributed by atoms with Crippen LogP contribution in [0.1, 0.15) is 5.56 Å². The van der Waals surface area contributed by atoms with Gasteiger partial charge in [-0.25, -0.2) is 0 Å². The molecule has 0 amide bonds. The van der Waals surface area contributed by atoms with E-state index in [0.29, 0.717) is 0 Å². The Balaban J connectivity index is 1.29. The van der Waals surface area contributed by atoms with Gasteiger partial charge in [0.1, 0.15) is 0 Å². The highest BCUT2D eigenvalue weighted by atomic mass is 15.1. The lowest BCUT2D eigenvalue weighted by Crippen LogP contribution is -2.10. The third-order valence-corrected chi connectivity index (χ3v) is 8.11. The fraction of sp³-hybridized carbons (Fsp3) is 0.0233. The average Bonchev–Trinajstić information content (AvgIpc) is 3.10. The van der Waals surface area contributed by atoms with Gasteiger partial charge in [-0.15, -0.1) is 0 Å². The molecule has 0 radical (unpaired) electrons. The minimum atomic E-state index is 1.12. The van der Waals surface area contributed by atoms with Crippen LogP contribution in [0.3, 0.4) is 0 Å². The fourth-order valence-corrected chi connectivity index (χ4v) is 5.86. The minimum Gasteiger partial charge on any atom is -0.310 e. The molecule has 0 atom stereocenters. The highest BCUT2D eigenvalue weighted by Crippen LogP contribution is 2.39. The zero-order valence-corrected chi connectivity index (χ0v) is 24.8. The van der Waals surface area contributed by atoms with E-state index >= 15 is 0 Å². The van der Waals surface area contributed by atoms with Gasteiger partial charge in [0.2, 0.25) is 0 Å². The van der Waals surface area contributed by atoms with Crippen molar-refractivity contribution in [3.63, 3.8) is 0 Å². The lowest BCUT2D eigenvalue weighted by molar-refractivity contribution is 1.27. The second-order valence-corrected chi connectivity index (χ2v) is 11.2. The van der Waals surface area contributed by atoms with Crippen molar-refractivity contribution in [3.8, 4) is 44.5 Å². The van der Waals surface area contributed by atoms with Crippen molar-refractivity contribution in [2.24, 2.45) is 0 Å². The maximum atomic E-state index is 2.36. The molecule has 0 spiro atoms. The van der Waals surface area contributed by atoms with E-state index in [9.17, 15) is 0 Å². The molecular weight excluding hydrogens is 530 g/mol. The Kier molecular flexibility index (Phi) is 7.60. The molecule has 0 aliphatic heterocycles. The van der Waals surface area contributed by atoms with E-state index in [0.717, 1.165) is 17.1 Å². The number of rotatable bonds is 7. The fourth-order valence-electron chi connectivity index (χ4n) is 5.86. The van der Waals surface area contributed by atoms with Crippen molar-refractivity contribution in [1.82, 2.24) is 0 Å². The molecule has 0 aromatic heterocycles. The number of aryl methyl sites for hydroxylation is 1. The van der Waals surface area contributed by atoms with Crippen LogP contribution in [-0.4, -0.2) is 0 Å². The van der Waals surface area contributed by atoms with E-state index < -0.39 is 0 Å². The van der Waals surface area contributed by atoms with Gasteiger partial charge in [0.05, 0.1) is 0 Å². The number of nitrogens with zero attached hydrogens (tertiary/aromatic N) is 1. The first kappa shape index (κ1) is 27.2. The number of benzene rings is 7. The predicted molar refractivity (Wildman–Crippen MR) is 188 cm³/mol. The van der Waals surface area contributed by atoms with Crippen molar-refractivity contribution in [1.29, 1.82) is 0 Å². The summed E-state index contributed by atoms with van der Waals surface area (Å²) >= 11 is 0. The molecule has 0 aliphatic carbocycles. The van der Waals surface area contributed by atoms with Crippen LogP contribution in [0.25, 0.3) is 44.5 Å². The third kappa shape index (κ3) is 5.82. The summed E-state index contributed by atoms with van der Waals surface area (Å²) in [7, 11) is 0. The summed E-state index contributed by atoms with van der Waals surface area (Å²) in [5.74, 6) is 0. The maximum Gasteiger partial charge on any atom is 0.0470 e. The highest BCUT2D eigenvalue weighted by molar-refractivity contribution is 5.83.